The van der Waals surface area contributed by atoms with Crippen molar-refractivity contribution in [2.75, 3.05) is 0 Å². The maximum absolute atomic E-state index is 13.5. The zero-order valence-corrected chi connectivity index (χ0v) is 9.50. The minimum Gasteiger partial charge on any atom is -0.350 e. The van der Waals surface area contributed by atoms with Crippen LogP contribution in [-0.2, 0) is 11.2 Å². The van der Waals surface area contributed by atoms with E-state index in [9.17, 15) is 9.18 Å². The molecule has 1 N–H and O–H groups in total. The summed E-state index contributed by atoms with van der Waals surface area (Å²) in [5.41, 5.74) is 2.60. The van der Waals surface area contributed by atoms with Crippen LogP contribution in [-0.4, -0.2) is 11.9 Å². The van der Waals surface area contributed by atoms with Gasteiger partial charge >= 0.3 is 0 Å². The molecule has 0 bridgehead atoms. The topological polar surface area (TPSA) is 29.1 Å². The lowest BCUT2D eigenvalue weighted by Crippen LogP contribution is -2.23. The largest absolute Gasteiger partial charge is 0.350 e. The Labute approximate surface area is 99.5 Å². The maximum atomic E-state index is 13.5. The normalized spacial score (nSPS) is 20.4. The molecule has 1 fully saturated rings. The minimum absolute atomic E-state index is 0.0420. The first-order valence-corrected chi connectivity index (χ1v) is 6.03. The van der Waals surface area contributed by atoms with Gasteiger partial charge < -0.3 is 5.32 Å². The van der Waals surface area contributed by atoms with E-state index in [0.29, 0.717) is 12.5 Å². The van der Waals surface area contributed by atoms with Crippen LogP contribution in [0.15, 0.2) is 24.3 Å². The van der Waals surface area contributed by atoms with Crippen LogP contribution in [0.2, 0.25) is 0 Å². The van der Waals surface area contributed by atoms with E-state index in [1.807, 2.05) is 6.07 Å². The van der Waals surface area contributed by atoms with Crippen molar-refractivity contribution >= 4 is 11.5 Å². The maximum Gasteiger partial charge on any atom is 0.244 e. The number of carbonyl (C=O) groups is 1. The van der Waals surface area contributed by atoms with Gasteiger partial charge in [-0.25, -0.2) is 4.39 Å². The zero-order chi connectivity index (χ0) is 11.8. The minimum atomic E-state index is -0.159. The van der Waals surface area contributed by atoms with E-state index in [0.717, 1.165) is 36.0 Å². The summed E-state index contributed by atoms with van der Waals surface area (Å²) in [5.74, 6) is -0.201. The standard InChI is InChI=1S/C14H14FNO/c15-13-3-1-2-11-9(4-7-12(11)13)8-14(17)16-10-5-6-10/h1-3,8,10H,4-7H2,(H,16,17). The van der Waals surface area contributed by atoms with Crippen LogP contribution in [0.5, 0.6) is 0 Å². The Morgan fingerprint density at radius 3 is 2.94 bits per heavy atom. The molecule has 3 heteroatoms. The van der Waals surface area contributed by atoms with E-state index in [1.54, 1.807) is 12.1 Å². The van der Waals surface area contributed by atoms with Crippen molar-refractivity contribution in [3.63, 3.8) is 0 Å². The quantitative estimate of drug-likeness (QED) is 0.778. The number of hydrogen-bond acceptors (Lipinski definition) is 1. The molecule has 88 valence electrons. The van der Waals surface area contributed by atoms with Gasteiger partial charge in [0.25, 0.3) is 0 Å². The van der Waals surface area contributed by atoms with Gasteiger partial charge in [0.2, 0.25) is 5.91 Å². The first-order chi connectivity index (χ1) is 8.24. The molecule has 0 aromatic heterocycles. The second-order valence-electron chi connectivity index (χ2n) is 4.72. The molecular weight excluding hydrogens is 217 g/mol. The van der Waals surface area contributed by atoms with Crippen LogP contribution in [0, 0.1) is 5.82 Å². The van der Waals surface area contributed by atoms with Crippen LogP contribution in [0.3, 0.4) is 0 Å². The highest BCUT2D eigenvalue weighted by Gasteiger charge is 2.24. The van der Waals surface area contributed by atoms with Crippen molar-refractivity contribution in [1.82, 2.24) is 5.32 Å². The van der Waals surface area contributed by atoms with Gasteiger partial charge in [0, 0.05) is 12.1 Å². The highest BCUT2D eigenvalue weighted by atomic mass is 19.1. The monoisotopic (exact) mass is 231 g/mol. The summed E-state index contributed by atoms with van der Waals surface area (Å²) in [6.07, 6.45) is 5.25. The summed E-state index contributed by atoms with van der Waals surface area (Å²) >= 11 is 0. The predicted octanol–water partition coefficient (Wildman–Crippen LogP) is 2.43. The predicted molar refractivity (Wildman–Crippen MR) is 63.9 cm³/mol. The van der Waals surface area contributed by atoms with Crippen molar-refractivity contribution in [3.8, 4) is 0 Å². The van der Waals surface area contributed by atoms with E-state index >= 15 is 0 Å². The van der Waals surface area contributed by atoms with Crippen molar-refractivity contribution < 1.29 is 9.18 Å². The van der Waals surface area contributed by atoms with Gasteiger partial charge in [0.15, 0.2) is 0 Å². The third kappa shape index (κ3) is 2.09. The number of fused-ring (bicyclic) bond motifs is 1. The Morgan fingerprint density at radius 2 is 2.18 bits per heavy atom. The second-order valence-corrected chi connectivity index (χ2v) is 4.72. The fourth-order valence-electron chi connectivity index (χ4n) is 2.29. The summed E-state index contributed by atoms with van der Waals surface area (Å²) in [6, 6.07) is 5.44. The van der Waals surface area contributed by atoms with E-state index in [2.05, 4.69) is 5.32 Å². The van der Waals surface area contributed by atoms with Crippen molar-refractivity contribution in [1.29, 1.82) is 0 Å². The molecule has 2 aliphatic carbocycles. The highest BCUT2D eigenvalue weighted by molar-refractivity contribution is 5.96. The molecule has 0 atom stereocenters. The molecule has 17 heavy (non-hydrogen) atoms. The molecule has 0 spiro atoms. The third-order valence-corrected chi connectivity index (χ3v) is 3.34. The number of benzene rings is 1. The summed E-state index contributed by atoms with van der Waals surface area (Å²) in [5, 5.41) is 2.92. The van der Waals surface area contributed by atoms with Crippen LogP contribution in [0.1, 0.15) is 30.4 Å². The van der Waals surface area contributed by atoms with E-state index < -0.39 is 0 Å². The van der Waals surface area contributed by atoms with Gasteiger partial charge in [-0.3, -0.25) is 4.79 Å². The third-order valence-electron chi connectivity index (χ3n) is 3.34. The van der Waals surface area contributed by atoms with Crippen LogP contribution in [0.4, 0.5) is 4.39 Å². The number of hydrogen-bond donors (Lipinski definition) is 1. The number of rotatable bonds is 2. The summed E-state index contributed by atoms with van der Waals surface area (Å²) in [7, 11) is 0. The Hall–Kier alpha value is -1.64. The molecule has 2 aliphatic rings. The molecule has 0 saturated heterocycles. The lowest BCUT2D eigenvalue weighted by atomic mass is 10.1. The number of amides is 1. The van der Waals surface area contributed by atoms with Gasteiger partial charge in [0.1, 0.15) is 5.82 Å². The summed E-state index contributed by atoms with van der Waals surface area (Å²) in [4.78, 5) is 11.7. The Bertz CT molecular complexity index is 503. The van der Waals surface area contributed by atoms with E-state index in [-0.39, 0.29) is 11.7 Å². The smallest absolute Gasteiger partial charge is 0.244 e. The van der Waals surface area contributed by atoms with Gasteiger partial charge in [-0.15, -0.1) is 0 Å². The van der Waals surface area contributed by atoms with Crippen LogP contribution < -0.4 is 5.32 Å². The van der Waals surface area contributed by atoms with Gasteiger partial charge in [-0.05, 0) is 48.4 Å². The number of allylic oxidation sites excluding steroid dienone is 1. The summed E-state index contributed by atoms with van der Waals surface area (Å²) < 4.78 is 13.5. The Kier molecular flexibility index (Phi) is 2.46. The molecule has 0 aliphatic heterocycles. The molecule has 1 saturated carbocycles. The fraction of sp³-hybridized carbons (Fsp3) is 0.357. The van der Waals surface area contributed by atoms with Gasteiger partial charge in [0.05, 0.1) is 0 Å². The van der Waals surface area contributed by atoms with E-state index in [4.69, 9.17) is 0 Å². The molecule has 1 aromatic carbocycles. The Balaban J connectivity index is 1.84. The second kappa shape index (κ2) is 3.99. The van der Waals surface area contributed by atoms with Crippen LogP contribution in [0.25, 0.3) is 5.57 Å². The zero-order valence-electron chi connectivity index (χ0n) is 9.50. The highest BCUT2D eigenvalue weighted by Crippen LogP contribution is 2.33. The molecule has 0 heterocycles. The SMILES string of the molecule is O=C(C=C1CCc2c(F)cccc21)NC1CC1. The molecule has 3 rings (SSSR count). The number of carbonyl (C=O) groups excluding carboxylic acids is 1. The van der Waals surface area contributed by atoms with E-state index in [1.165, 1.54) is 6.07 Å². The molecule has 0 unspecified atom stereocenters. The van der Waals surface area contributed by atoms with Crippen molar-refractivity contribution in [2.24, 2.45) is 0 Å². The van der Waals surface area contributed by atoms with Gasteiger partial charge in [-0.1, -0.05) is 12.1 Å². The average Bonchev–Trinajstić information content (AvgIpc) is 3.00. The lowest BCUT2D eigenvalue weighted by molar-refractivity contribution is -0.116. The van der Waals surface area contributed by atoms with Crippen LogP contribution >= 0.6 is 0 Å². The molecular formula is C14H14FNO. The first kappa shape index (κ1) is 10.5. The molecule has 1 aromatic rings. The molecule has 2 nitrogen and oxygen atoms in total. The Morgan fingerprint density at radius 1 is 1.35 bits per heavy atom. The number of halogens is 1. The van der Waals surface area contributed by atoms with Gasteiger partial charge in [-0.2, -0.15) is 0 Å². The van der Waals surface area contributed by atoms with Crippen molar-refractivity contribution in [2.45, 2.75) is 31.7 Å². The van der Waals surface area contributed by atoms with Crippen molar-refractivity contribution in [3.05, 3.63) is 41.2 Å². The summed E-state index contributed by atoms with van der Waals surface area (Å²) in [6.45, 7) is 0. The lowest BCUT2D eigenvalue weighted by Gasteiger charge is -2.02. The number of nitrogens with one attached hydrogen (secondary N) is 1. The average molecular weight is 231 g/mol. The fourth-order valence-corrected chi connectivity index (χ4v) is 2.29. The first-order valence-electron chi connectivity index (χ1n) is 6.03. The molecule has 0 radical (unpaired) electrons. The molecule has 1 amide bonds.